The normalized spacial score (nSPS) is 14.5. The number of rotatable bonds is 8. The Bertz CT molecular complexity index is 1210. The molecular formula is C30H33N3O. The molecule has 1 aliphatic rings. The number of piperidine rings is 1. The Labute approximate surface area is 202 Å². The van der Waals surface area contributed by atoms with Gasteiger partial charge in [0, 0.05) is 48.0 Å². The largest absolute Gasteiger partial charge is 0.358 e. The van der Waals surface area contributed by atoms with Crippen LogP contribution in [0.1, 0.15) is 41.8 Å². The number of fused-ring (bicyclic) bond motifs is 1. The minimum absolute atomic E-state index is 0.276. The molecule has 0 aliphatic carbocycles. The van der Waals surface area contributed by atoms with Gasteiger partial charge in [-0.1, -0.05) is 60.7 Å². The lowest BCUT2D eigenvalue weighted by atomic mass is 9.90. The van der Waals surface area contributed by atoms with Crippen molar-refractivity contribution in [3.8, 4) is 0 Å². The molecule has 1 N–H and O–H groups in total. The zero-order valence-electron chi connectivity index (χ0n) is 19.7. The first kappa shape index (κ1) is 22.4. The first-order chi connectivity index (χ1) is 16.7. The molecule has 0 bridgehead atoms. The van der Waals surface area contributed by atoms with Gasteiger partial charge in [-0.15, -0.1) is 0 Å². The van der Waals surface area contributed by atoms with Crippen molar-refractivity contribution in [2.45, 2.75) is 44.9 Å². The van der Waals surface area contributed by atoms with Crippen LogP contribution in [0.2, 0.25) is 0 Å². The highest BCUT2D eigenvalue weighted by Gasteiger charge is 2.22. The Balaban J connectivity index is 1.10. The molecule has 1 amide bonds. The van der Waals surface area contributed by atoms with E-state index in [1.54, 1.807) is 0 Å². The Hall–Kier alpha value is -3.40. The molecule has 4 nitrogen and oxygen atoms in total. The summed E-state index contributed by atoms with van der Waals surface area (Å²) in [5.74, 6) is 0.960. The molecule has 0 atom stereocenters. The number of aromatic nitrogens is 2. The van der Waals surface area contributed by atoms with Crippen molar-refractivity contribution >= 4 is 16.8 Å². The maximum absolute atomic E-state index is 12.8. The van der Waals surface area contributed by atoms with Gasteiger partial charge in [-0.3, -0.25) is 9.78 Å². The van der Waals surface area contributed by atoms with Gasteiger partial charge in [0.05, 0.1) is 0 Å². The highest BCUT2D eigenvalue weighted by Crippen LogP contribution is 2.23. The maximum atomic E-state index is 12.8. The summed E-state index contributed by atoms with van der Waals surface area (Å²) in [5, 5.41) is 1.12. The zero-order valence-corrected chi connectivity index (χ0v) is 19.7. The van der Waals surface area contributed by atoms with Crippen molar-refractivity contribution < 1.29 is 4.79 Å². The first-order valence-electron chi connectivity index (χ1n) is 12.5. The average molecular weight is 452 g/mol. The molecule has 174 valence electrons. The van der Waals surface area contributed by atoms with Gasteiger partial charge in [0.1, 0.15) is 0 Å². The fourth-order valence-corrected chi connectivity index (χ4v) is 5.05. The molecule has 5 rings (SSSR count). The lowest BCUT2D eigenvalue weighted by Gasteiger charge is -2.32. The van der Waals surface area contributed by atoms with Crippen molar-refractivity contribution in [2.75, 3.05) is 13.1 Å². The van der Waals surface area contributed by atoms with Crippen LogP contribution in [0.5, 0.6) is 0 Å². The van der Waals surface area contributed by atoms with Gasteiger partial charge < -0.3 is 9.88 Å². The minimum atomic E-state index is 0.276. The SMILES string of the molecule is O=C(CCc1cc2cnc(CCc3ccccc3)cc2[nH]1)N1CCC(Cc2ccccc2)CC1. The molecule has 0 saturated carbocycles. The van der Waals surface area contributed by atoms with E-state index in [1.165, 1.54) is 11.1 Å². The number of hydrogen-bond acceptors (Lipinski definition) is 2. The standard InChI is InChI=1S/C30H33N3O/c34-30(33-17-15-25(16-18-33)19-24-9-5-2-6-10-24)14-13-28-20-26-22-31-27(21-29(26)32-28)12-11-23-7-3-1-4-8-23/h1-10,20-22,25,32H,11-19H2. The minimum Gasteiger partial charge on any atom is -0.358 e. The number of likely N-dealkylation sites (tertiary alicyclic amines) is 1. The van der Waals surface area contributed by atoms with Crippen molar-refractivity contribution in [3.05, 3.63) is 102 Å². The molecule has 2 aromatic carbocycles. The number of nitrogens with zero attached hydrogens (tertiary/aromatic N) is 2. The summed E-state index contributed by atoms with van der Waals surface area (Å²) in [6.07, 6.45) is 8.50. The predicted molar refractivity (Wildman–Crippen MR) is 138 cm³/mol. The average Bonchev–Trinajstić information content (AvgIpc) is 3.30. The Kier molecular flexibility index (Phi) is 7.04. The number of carbonyl (C=O) groups excluding carboxylic acids is 1. The highest BCUT2D eigenvalue weighted by atomic mass is 16.2. The summed E-state index contributed by atoms with van der Waals surface area (Å²) in [4.78, 5) is 23.1. The summed E-state index contributed by atoms with van der Waals surface area (Å²) in [6.45, 7) is 1.77. The lowest BCUT2D eigenvalue weighted by Crippen LogP contribution is -2.39. The third-order valence-electron chi connectivity index (χ3n) is 7.07. The molecular weight excluding hydrogens is 418 g/mol. The van der Waals surface area contributed by atoms with Gasteiger partial charge >= 0.3 is 0 Å². The van der Waals surface area contributed by atoms with Crippen LogP contribution in [0.3, 0.4) is 0 Å². The smallest absolute Gasteiger partial charge is 0.222 e. The van der Waals surface area contributed by atoms with E-state index in [2.05, 4.69) is 81.6 Å². The number of benzene rings is 2. The van der Waals surface area contributed by atoms with Gasteiger partial charge in [-0.25, -0.2) is 0 Å². The molecule has 4 heteroatoms. The number of hydrogen-bond donors (Lipinski definition) is 1. The van der Waals surface area contributed by atoms with Crippen molar-refractivity contribution in [1.82, 2.24) is 14.9 Å². The predicted octanol–water partition coefficient (Wildman–Crippen LogP) is 5.76. The number of pyridine rings is 1. The van der Waals surface area contributed by atoms with Crippen molar-refractivity contribution in [2.24, 2.45) is 5.92 Å². The van der Waals surface area contributed by atoms with Crippen LogP contribution < -0.4 is 0 Å². The maximum Gasteiger partial charge on any atom is 0.222 e. The van der Waals surface area contributed by atoms with E-state index in [0.717, 1.165) is 73.9 Å². The van der Waals surface area contributed by atoms with Crippen molar-refractivity contribution in [3.63, 3.8) is 0 Å². The van der Waals surface area contributed by atoms with E-state index < -0.39 is 0 Å². The second kappa shape index (κ2) is 10.7. The topological polar surface area (TPSA) is 49.0 Å². The van der Waals surface area contributed by atoms with E-state index in [0.29, 0.717) is 12.3 Å². The number of H-pyrrole nitrogens is 1. The second-order valence-electron chi connectivity index (χ2n) is 9.56. The number of aromatic amines is 1. The van der Waals surface area contributed by atoms with E-state index >= 15 is 0 Å². The number of amides is 1. The molecule has 1 aliphatic heterocycles. The monoisotopic (exact) mass is 451 g/mol. The lowest BCUT2D eigenvalue weighted by molar-refractivity contribution is -0.132. The fourth-order valence-electron chi connectivity index (χ4n) is 5.05. The van der Waals surface area contributed by atoms with Crippen LogP contribution in [0.4, 0.5) is 0 Å². The molecule has 1 fully saturated rings. The Morgan fingerprint density at radius 2 is 1.59 bits per heavy atom. The Morgan fingerprint density at radius 3 is 2.32 bits per heavy atom. The van der Waals surface area contributed by atoms with Crippen LogP contribution in [0.15, 0.2) is 79.0 Å². The number of nitrogens with one attached hydrogen (secondary N) is 1. The molecule has 34 heavy (non-hydrogen) atoms. The van der Waals surface area contributed by atoms with Gasteiger partial charge in [0.2, 0.25) is 5.91 Å². The highest BCUT2D eigenvalue weighted by molar-refractivity contribution is 5.80. The van der Waals surface area contributed by atoms with Crippen LogP contribution in [0.25, 0.3) is 10.9 Å². The van der Waals surface area contributed by atoms with E-state index in [4.69, 9.17) is 0 Å². The molecule has 2 aromatic heterocycles. The molecule has 4 aromatic rings. The second-order valence-corrected chi connectivity index (χ2v) is 9.56. The Morgan fingerprint density at radius 1 is 0.882 bits per heavy atom. The van der Waals surface area contributed by atoms with Crippen LogP contribution in [0, 0.1) is 5.92 Å². The van der Waals surface area contributed by atoms with E-state index in [9.17, 15) is 4.79 Å². The number of aryl methyl sites for hydroxylation is 3. The van der Waals surface area contributed by atoms with Gasteiger partial charge in [-0.05, 0) is 67.7 Å². The summed E-state index contributed by atoms with van der Waals surface area (Å²) in [5.41, 5.74) is 6.06. The fraction of sp³-hybridized carbons (Fsp3) is 0.333. The third kappa shape index (κ3) is 5.74. The summed E-state index contributed by atoms with van der Waals surface area (Å²) >= 11 is 0. The van der Waals surface area contributed by atoms with Gasteiger partial charge in [0.15, 0.2) is 0 Å². The summed E-state index contributed by atoms with van der Waals surface area (Å²) in [7, 11) is 0. The molecule has 0 radical (unpaired) electrons. The quantitative estimate of drug-likeness (QED) is 0.370. The molecule has 3 heterocycles. The molecule has 0 spiro atoms. The molecule has 1 saturated heterocycles. The molecule has 0 unspecified atom stereocenters. The number of carbonyl (C=O) groups is 1. The van der Waals surface area contributed by atoms with Crippen molar-refractivity contribution in [1.29, 1.82) is 0 Å². The summed E-state index contributed by atoms with van der Waals surface area (Å²) < 4.78 is 0. The van der Waals surface area contributed by atoms with E-state index in [1.807, 2.05) is 12.3 Å². The van der Waals surface area contributed by atoms with Gasteiger partial charge in [0.25, 0.3) is 0 Å². The van der Waals surface area contributed by atoms with Crippen LogP contribution in [-0.4, -0.2) is 33.9 Å². The van der Waals surface area contributed by atoms with Gasteiger partial charge in [-0.2, -0.15) is 0 Å². The van der Waals surface area contributed by atoms with Crippen LogP contribution in [-0.2, 0) is 30.5 Å². The van der Waals surface area contributed by atoms with Crippen LogP contribution >= 0.6 is 0 Å². The summed E-state index contributed by atoms with van der Waals surface area (Å²) in [6, 6.07) is 25.5. The third-order valence-corrected chi connectivity index (χ3v) is 7.07. The zero-order chi connectivity index (χ0) is 23.2. The van der Waals surface area contributed by atoms with E-state index in [-0.39, 0.29) is 5.91 Å². The first-order valence-corrected chi connectivity index (χ1v) is 12.5.